The minimum atomic E-state index is -1.01. The van der Waals surface area contributed by atoms with Crippen LogP contribution in [0.5, 0.6) is 0 Å². The molecule has 21 heavy (non-hydrogen) atoms. The van der Waals surface area contributed by atoms with Crippen molar-refractivity contribution >= 4 is 17.7 Å². The summed E-state index contributed by atoms with van der Waals surface area (Å²) in [5.74, 6) is -0.457. The monoisotopic (exact) mass is 292 g/mol. The van der Waals surface area contributed by atoms with Crippen LogP contribution < -0.4 is 10.6 Å². The Kier molecular flexibility index (Phi) is 6.21. The summed E-state index contributed by atoms with van der Waals surface area (Å²) in [7, 11) is 0. The number of hydrogen-bond donors (Lipinski definition) is 3. The van der Waals surface area contributed by atoms with Gasteiger partial charge in [0.25, 0.3) is 0 Å². The summed E-state index contributed by atoms with van der Waals surface area (Å²) in [6, 6.07) is 4.43. The lowest BCUT2D eigenvalue weighted by Gasteiger charge is -2.18. The van der Waals surface area contributed by atoms with Gasteiger partial charge in [-0.05, 0) is 43.9 Å². The van der Waals surface area contributed by atoms with Gasteiger partial charge in [-0.1, -0.05) is 26.3 Å². The van der Waals surface area contributed by atoms with Crippen LogP contribution in [0, 0.1) is 12.8 Å². The molecular formula is C16H24N2O3. The van der Waals surface area contributed by atoms with Crippen molar-refractivity contribution in [3.05, 3.63) is 29.3 Å². The van der Waals surface area contributed by atoms with E-state index in [9.17, 15) is 9.59 Å². The van der Waals surface area contributed by atoms with Crippen molar-refractivity contribution in [1.82, 2.24) is 5.32 Å². The average Bonchev–Trinajstić information content (AvgIpc) is 2.40. The van der Waals surface area contributed by atoms with Crippen molar-refractivity contribution in [2.45, 2.75) is 46.6 Å². The van der Waals surface area contributed by atoms with Crippen LogP contribution in [0.1, 0.15) is 49.5 Å². The van der Waals surface area contributed by atoms with E-state index in [-0.39, 0.29) is 17.6 Å². The Morgan fingerprint density at radius 2 is 1.95 bits per heavy atom. The van der Waals surface area contributed by atoms with E-state index in [1.807, 2.05) is 13.8 Å². The molecule has 0 fully saturated rings. The summed E-state index contributed by atoms with van der Waals surface area (Å²) >= 11 is 0. The van der Waals surface area contributed by atoms with Crippen LogP contribution in [0.2, 0.25) is 0 Å². The van der Waals surface area contributed by atoms with Gasteiger partial charge in [0.15, 0.2) is 0 Å². The molecule has 1 rings (SSSR count). The van der Waals surface area contributed by atoms with Crippen molar-refractivity contribution in [3.8, 4) is 0 Å². The number of carboxylic acids is 1. The molecule has 2 unspecified atom stereocenters. The molecule has 0 radical (unpaired) electrons. The number of aryl methyl sites for hydroxylation is 1. The Morgan fingerprint density at radius 3 is 2.52 bits per heavy atom. The summed E-state index contributed by atoms with van der Waals surface area (Å²) in [5, 5.41) is 14.6. The number of anilines is 1. The SMILES string of the molecule is CCC(C)CC(C)NC(=O)Nc1cc(C(=O)O)ccc1C. The Bertz CT molecular complexity index is 514. The summed E-state index contributed by atoms with van der Waals surface area (Å²) in [5.41, 5.74) is 1.50. The van der Waals surface area contributed by atoms with Crippen molar-refractivity contribution in [3.63, 3.8) is 0 Å². The predicted molar refractivity (Wildman–Crippen MR) is 83.8 cm³/mol. The van der Waals surface area contributed by atoms with Crippen LogP contribution in [-0.2, 0) is 0 Å². The fraction of sp³-hybridized carbons (Fsp3) is 0.500. The molecule has 3 N–H and O–H groups in total. The smallest absolute Gasteiger partial charge is 0.335 e. The first kappa shape index (κ1) is 17.0. The molecule has 0 bridgehead atoms. The molecule has 1 aromatic rings. The zero-order valence-electron chi connectivity index (χ0n) is 13.1. The van der Waals surface area contributed by atoms with Gasteiger partial charge in [-0.15, -0.1) is 0 Å². The second-order valence-corrected chi connectivity index (χ2v) is 5.58. The van der Waals surface area contributed by atoms with Crippen molar-refractivity contribution in [2.24, 2.45) is 5.92 Å². The molecule has 1 aromatic carbocycles. The van der Waals surface area contributed by atoms with Gasteiger partial charge in [0.1, 0.15) is 0 Å². The van der Waals surface area contributed by atoms with E-state index in [1.165, 1.54) is 12.1 Å². The van der Waals surface area contributed by atoms with Gasteiger partial charge in [0, 0.05) is 11.7 Å². The molecule has 0 saturated carbocycles. The number of amides is 2. The molecule has 5 heteroatoms. The van der Waals surface area contributed by atoms with E-state index in [0.717, 1.165) is 18.4 Å². The highest BCUT2D eigenvalue weighted by atomic mass is 16.4. The van der Waals surface area contributed by atoms with Crippen LogP contribution >= 0.6 is 0 Å². The molecule has 0 heterocycles. The molecule has 0 spiro atoms. The van der Waals surface area contributed by atoms with Gasteiger partial charge in [-0.25, -0.2) is 9.59 Å². The van der Waals surface area contributed by atoms with Gasteiger partial charge in [-0.3, -0.25) is 0 Å². The van der Waals surface area contributed by atoms with Gasteiger partial charge in [0.2, 0.25) is 0 Å². The summed E-state index contributed by atoms with van der Waals surface area (Å²) in [4.78, 5) is 22.9. The first-order valence-corrected chi connectivity index (χ1v) is 7.25. The first-order chi connectivity index (χ1) is 9.83. The normalized spacial score (nSPS) is 13.3. The predicted octanol–water partition coefficient (Wildman–Crippen LogP) is 3.64. The van der Waals surface area contributed by atoms with Crippen molar-refractivity contribution in [2.75, 3.05) is 5.32 Å². The molecule has 0 aromatic heterocycles. The lowest BCUT2D eigenvalue weighted by Crippen LogP contribution is -2.37. The summed E-state index contributed by atoms with van der Waals surface area (Å²) in [6.45, 7) is 8.06. The highest BCUT2D eigenvalue weighted by molar-refractivity contribution is 5.94. The molecule has 0 saturated heterocycles. The van der Waals surface area contributed by atoms with Crippen molar-refractivity contribution < 1.29 is 14.7 Å². The van der Waals surface area contributed by atoms with Crippen LogP contribution in [-0.4, -0.2) is 23.1 Å². The van der Waals surface area contributed by atoms with Gasteiger partial charge >= 0.3 is 12.0 Å². The molecule has 0 aliphatic heterocycles. The topological polar surface area (TPSA) is 78.4 Å². The number of hydrogen-bond acceptors (Lipinski definition) is 2. The van der Waals surface area contributed by atoms with Crippen LogP contribution in [0.25, 0.3) is 0 Å². The summed E-state index contributed by atoms with van der Waals surface area (Å²) in [6.07, 6.45) is 1.99. The van der Waals surface area contributed by atoms with Gasteiger partial charge < -0.3 is 15.7 Å². The Hall–Kier alpha value is -2.04. The van der Waals surface area contributed by atoms with E-state index >= 15 is 0 Å². The third-order valence-corrected chi connectivity index (χ3v) is 3.56. The molecule has 5 nitrogen and oxygen atoms in total. The maximum atomic E-state index is 12.0. The number of carboxylic acid groups (broad SMARTS) is 1. The van der Waals surface area contributed by atoms with Gasteiger partial charge in [-0.2, -0.15) is 0 Å². The number of rotatable bonds is 6. The van der Waals surface area contributed by atoms with E-state index < -0.39 is 5.97 Å². The maximum absolute atomic E-state index is 12.0. The second-order valence-electron chi connectivity index (χ2n) is 5.58. The summed E-state index contributed by atoms with van der Waals surface area (Å²) < 4.78 is 0. The third-order valence-electron chi connectivity index (χ3n) is 3.56. The Balaban J connectivity index is 2.66. The third kappa shape index (κ3) is 5.45. The Morgan fingerprint density at radius 1 is 1.29 bits per heavy atom. The van der Waals surface area contributed by atoms with Crippen LogP contribution in [0.15, 0.2) is 18.2 Å². The largest absolute Gasteiger partial charge is 0.478 e. The van der Waals surface area contributed by atoms with Crippen LogP contribution in [0.3, 0.4) is 0 Å². The quantitative estimate of drug-likeness (QED) is 0.749. The highest BCUT2D eigenvalue weighted by Gasteiger charge is 2.12. The minimum Gasteiger partial charge on any atom is -0.478 e. The first-order valence-electron chi connectivity index (χ1n) is 7.25. The molecule has 0 aliphatic rings. The zero-order valence-corrected chi connectivity index (χ0v) is 13.1. The standard InChI is InChI=1S/C16H24N2O3/c1-5-10(2)8-12(4)17-16(21)18-14-9-13(15(19)20)7-6-11(14)3/h6-7,9-10,12H,5,8H2,1-4H3,(H,19,20)(H2,17,18,21). The number of carbonyl (C=O) groups excluding carboxylic acids is 1. The van der Waals surface area contributed by atoms with E-state index in [1.54, 1.807) is 6.07 Å². The van der Waals surface area contributed by atoms with Crippen molar-refractivity contribution in [1.29, 1.82) is 0 Å². The minimum absolute atomic E-state index is 0.0721. The van der Waals surface area contributed by atoms with E-state index in [2.05, 4.69) is 24.5 Å². The molecule has 0 aliphatic carbocycles. The lowest BCUT2D eigenvalue weighted by molar-refractivity contribution is 0.0697. The fourth-order valence-electron chi connectivity index (χ4n) is 2.10. The molecule has 116 valence electrons. The maximum Gasteiger partial charge on any atom is 0.335 e. The van der Waals surface area contributed by atoms with Gasteiger partial charge in [0.05, 0.1) is 5.56 Å². The number of nitrogens with one attached hydrogen (secondary N) is 2. The van der Waals surface area contributed by atoms with E-state index in [0.29, 0.717) is 11.6 Å². The molecule has 2 atom stereocenters. The Labute approximate surface area is 125 Å². The number of aromatic carboxylic acids is 1. The number of carbonyl (C=O) groups is 2. The average molecular weight is 292 g/mol. The number of urea groups is 1. The highest BCUT2D eigenvalue weighted by Crippen LogP contribution is 2.17. The zero-order chi connectivity index (χ0) is 16.0. The second kappa shape index (κ2) is 7.67. The molecular weight excluding hydrogens is 268 g/mol. The lowest BCUT2D eigenvalue weighted by atomic mass is 10.0. The van der Waals surface area contributed by atoms with E-state index in [4.69, 9.17) is 5.11 Å². The fourth-order valence-corrected chi connectivity index (χ4v) is 2.10. The molecule has 2 amide bonds. The number of benzene rings is 1. The van der Waals surface area contributed by atoms with Crippen LogP contribution in [0.4, 0.5) is 10.5 Å².